The van der Waals surface area contributed by atoms with Gasteiger partial charge in [-0.15, -0.1) is 0 Å². The minimum Gasteiger partial charge on any atom is -0.488 e. The first-order chi connectivity index (χ1) is 18.2. The van der Waals surface area contributed by atoms with Crippen LogP contribution in [0.25, 0.3) is 0 Å². The van der Waals surface area contributed by atoms with E-state index >= 15 is 0 Å². The molecule has 0 unspecified atom stereocenters. The zero-order valence-electron chi connectivity index (χ0n) is 19.4. The summed E-state index contributed by atoms with van der Waals surface area (Å²) < 4.78 is 116. The maximum absolute atomic E-state index is 13.4. The zero-order valence-corrected chi connectivity index (χ0v) is 21.0. The summed E-state index contributed by atoms with van der Waals surface area (Å²) in [5.41, 5.74) is -1.87. The predicted octanol–water partition coefficient (Wildman–Crippen LogP) is 7.98. The van der Waals surface area contributed by atoms with Crippen LogP contribution in [-0.4, -0.2) is 13.4 Å². The van der Waals surface area contributed by atoms with Gasteiger partial charge in [-0.3, -0.25) is 0 Å². The molecule has 0 atom stereocenters. The Morgan fingerprint density at radius 2 is 1.49 bits per heavy atom. The van der Waals surface area contributed by atoms with Gasteiger partial charge in [0.05, 0.1) is 16.0 Å². The van der Waals surface area contributed by atoms with Crippen LogP contribution in [0.4, 0.5) is 26.3 Å². The smallest absolute Gasteiger partial charge is 0.417 e. The van der Waals surface area contributed by atoms with Crippen LogP contribution in [0.5, 0.6) is 17.4 Å². The molecule has 4 rings (SSSR count). The van der Waals surface area contributed by atoms with Crippen LogP contribution >= 0.6 is 11.6 Å². The topological polar surface area (TPSA) is 65.5 Å². The van der Waals surface area contributed by atoms with E-state index in [-0.39, 0.29) is 22.0 Å². The molecule has 3 aromatic carbocycles. The van der Waals surface area contributed by atoms with Gasteiger partial charge in [-0.2, -0.15) is 26.3 Å². The van der Waals surface area contributed by atoms with Crippen LogP contribution in [0.3, 0.4) is 0 Å². The van der Waals surface area contributed by atoms with Crippen molar-refractivity contribution in [3.63, 3.8) is 0 Å². The fourth-order valence-electron chi connectivity index (χ4n) is 3.37. The van der Waals surface area contributed by atoms with Crippen molar-refractivity contribution < 1.29 is 44.2 Å². The summed E-state index contributed by atoms with van der Waals surface area (Å²) in [7, 11) is -4.24. The molecule has 4 aromatic rings. The molecule has 0 bridgehead atoms. The van der Waals surface area contributed by atoms with Gasteiger partial charge in [-0.1, -0.05) is 41.9 Å². The molecule has 1 heterocycles. The van der Waals surface area contributed by atoms with E-state index in [0.717, 1.165) is 18.2 Å². The lowest BCUT2D eigenvalue weighted by Gasteiger charge is -2.15. The molecule has 13 heteroatoms. The second-order valence-corrected chi connectivity index (χ2v) is 10.3. The van der Waals surface area contributed by atoms with Crippen molar-refractivity contribution in [2.24, 2.45) is 0 Å². The van der Waals surface area contributed by atoms with E-state index in [0.29, 0.717) is 12.3 Å². The third-order valence-corrected chi connectivity index (χ3v) is 7.32. The fourth-order valence-corrected chi connectivity index (χ4v) is 5.01. The minimum absolute atomic E-state index is 0.114. The Labute approximate surface area is 223 Å². The Kier molecular flexibility index (Phi) is 7.80. The van der Waals surface area contributed by atoms with Crippen LogP contribution in [0.2, 0.25) is 5.02 Å². The Hall–Kier alpha value is -3.77. The van der Waals surface area contributed by atoms with E-state index in [2.05, 4.69) is 4.98 Å². The van der Waals surface area contributed by atoms with E-state index in [4.69, 9.17) is 21.1 Å². The van der Waals surface area contributed by atoms with Crippen LogP contribution in [-0.2, 0) is 28.8 Å². The largest absolute Gasteiger partial charge is 0.488 e. The number of hydrogen-bond acceptors (Lipinski definition) is 5. The Balaban J connectivity index is 1.70. The normalized spacial score (nSPS) is 12.3. The summed E-state index contributed by atoms with van der Waals surface area (Å²) >= 11 is 5.89. The van der Waals surface area contributed by atoms with Gasteiger partial charge in [-0.05, 0) is 48.0 Å². The summed E-state index contributed by atoms with van der Waals surface area (Å²) in [5, 5.41) is -0.470. The number of aromatic nitrogens is 1. The Bertz CT molecular complexity index is 1590. The molecule has 39 heavy (non-hydrogen) atoms. The van der Waals surface area contributed by atoms with Crippen LogP contribution in [0, 0.1) is 0 Å². The predicted molar refractivity (Wildman–Crippen MR) is 128 cm³/mol. The van der Waals surface area contributed by atoms with Gasteiger partial charge in [0.15, 0.2) is 0 Å². The second-order valence-electron chi connectivity index (χ2n) is 8.02. The molecule has 0 saturated carbocycles. The van der Waals surface area contributed by atoms with Gasteiger partial charge in [-0.25, -0.2) is 13.4 Å². The number of hydrogen-bond donors (Lipinski definition) is 0. The molecule has 0 aliphatic carbocycles. The average molecular weight is 588 g/mol. The standard InChI is InChI=1S/C26H16ClF6NO4S/c27-21-12-18(26(31,32)33)14-34-24(21)38-19-9-10-22(23(13-19)39(35,36)20-7-2-1-3-8-20)37-15-16-5-4-6-17(11-16)25(28,29)30/h1-14H,15H2. The lowest BCUT2D eigenvalue weighted by atomic mass is 10.1. The maximum atomic E-state index is 13.4. The highest BCUT2D eigenvalue weighted by Gasteiger charge is 2.32. The molecule has 0 N–H and O–H groups in total. The summed E-state index contributed by atoms with van der Waals surface area (Å²) in [6.07, 6.45) is -8.76. The van der Waals surface area contributed by atoms with Crippen molar-refractivity contribution in [2.75, 3.05) is 0 Å². The molecular weight excluding hydrogens is 572 g/mol. The molecule has 0 aliphatic heterocycles. The number of ether oxygens (including phenoxy) is 2. The Morgan fingerprint density at radius 1 is 0.795 bits per heavy atom. The highest BCUT2D eigenvalue weighted by atomic mass is 35.5. The SMILES string of the molecule is O=S(=O)(c1ccccc1)c1cc(Oc2ncc(C(F)(F)F)cc2Cl)ccc1OCc1cccc(C(F)(F)F)c1. The highest BCUT2D eigenvalue weighted by Crippen LogP contribution is 2.38. The van der Waals surface area contributed by atoms with Gasteiger partial charge in [0.2, 0.25) is 15.7 Å². The number of sulfone groups is 1. The average Bonchev–Trinajstić information content (AvgIpc) is 2.88. The third kappa shape index (κ3) is 6.63. The monoisotopic (exact) mass is 587 g/mol. The molecule has 0 saturated heterocycles. The van der Waals surface area contributed by atoms with Crippen LogP contribution in [0.15, 0.2) is 94.9 Å². The maximum Gasteiger partial charge on any atom is 0.417 e. The van der Waals surface area contributed by atoms with Gasteiger partial charge in [0.1, 0.15) is 28.0 Å². The molecular formula is C26H16ClF6NO4S. The van der Waals surface area contributed by atoms with E-state index in [1.165, 1.54) is 48.5 Å². The summed E-state index contributed by atoms with van der Waals surface area (Å²) in [5.74, 6) is -0.759. The molecule has 0 amide bonds. The number of nitrogens with zero attached hydrogens (tertiary/aromatic N) is 1. The third-order valence-electron chi connectivity index (χ3n) is 5.26. The zero-order chi connectivity index (χ0) is 28.4. The van der Waals surface area contributed by atoms with E-state index in [1.54, 1.807) is 6.07 Å². The first-order valence-corrected chi connectivity index (χ1v) is 12.7. The number of halogens is 7. The van der Waals surface area contributed by atoms with E-state index < -0.39 is 55.7 Å². The number of alkyl halides is 6. The molecule has 0 radical (unpaired) electrons. The fraction of sp³-hybridized carbons (Fsp3) is 0.115. The van der Waals surface area contributed by atoms with Crippen molar-refractivity contribution >= 4 is 21.4 Å². The molecule has 0 spiro atoms. The number of rotatable bonds is 7. The van der Waals surface area contributed by atoms with Crippen LogP contribution < -0.4 is 9.47 Å². The van der Waals surface area contributed by atoms with Gasteiger partial charge in [0, 0.05) is 12.3 Å². The number of pyridine rings is 1. The first-order valence-electron chi connectivity index (χ1n) is 10.9. The van der Waals surface area contributed by atoms with Crippen molar-refractivity contribution in [2.45, 2.75) is 28.8 Å². The quantitative estimate of drug-likeness (QED) is 0.205. The molecule has 1 aromatic heterocycles. The molecule has 204 valence electrons. The van der Waals surface area contributed by atoms with Crippen molar-refractivity contribution in [1.82, 2.24) is 4.98 Å². The van der Waals surface area contributed by atoms with Crippen molar-refractivity contribution in [1.29, 1.82) is 0 Å². The summed E-state index contributed by atoms with van der Waals surface area (Å²) in [6.45, 7) is -0.395. The van der Waals surface area contributed by atoms with Gasteiger partial charge in [0.25, 0.3) is 0 Å². The first kappa shape index (κ1) is 28.2. The van der Waals surface area contributed by atoms with E-state index in [9.17, 15) is 34.8 Å². The lowest BCUT2D eigenvalue weighted by molar-refractivity contribution is -0.138. The highest BCUT2D eigenvalue weighted by molar-refractivity contribution is 7.91. The van der Waals surface area contributed by atoms with Crippen LogP contribution in [0.1, 0.15) is 16.7 Å². The lowest BCUT2D eigenvalue weighted by Crippen LogP contribution is -2.08. The molecule has 0 fully saturated rings. The van der Waals surface area contributed by atoms with E-state index in [1.807, 2.05) is 0 Å². The summed E-state index contributed by atoms with van der Waals surface area (Å²) in [4.78, 5) is 3.05. The minimum atomic E-state index is -4.69. The van der Waals surface area contributed by atoms with Crippen molar-refractivity contribution in [3.8, 4) is 17.4 Å². The molecule has 5 nitrogen and oxygen atoms in total. The number of benzene rings is 3. The second kappa shape index (κ2) is 10.8. The van der Waals surface area contributed by atoms with Gasteiger partial charge < -0.3 is 9.47 Å². The van der Waals surface area contributed by atoms with Crippen molar-refractivity contribution in [3.05, 3.63) is 107 Å². The summed E-state index contributed by atoms with van der Waals surface area (Å²) in [6, 6.07) is 15.7. The van der Waals surface area contributed by atoms with Gasteiger partial charge >= 0.3 is 12.4 Å². The molecule has 0 aliphatic rings. The Morgan fingerprint density at radius 3 is 2.13 bits per heavy atom.